The van der Waals surface area contributed by atoms with Crippen molar-refractivity contribution in [2.24, 2.45) is 0 Å². The Bertz CT molecular complexity index is 943. The second-order valence-electron chi connectivity index (χ2n) is 6.40. The number of aromatic nitrogens is 4. The molecular formula is C19H23N5O4. The van der Waals surface area contributed by atoms with Gasteiger partial charge in [-0.05, 0) is 30.5 Å². The van der Waals surface area contributed by atoms with Gasteiger partial charge in [-0.1, -0.05) is 0 Å². The first-order chi connectivity index (χ1) is 13.7. The van der Waals surface area contributed by atoms with Crippen LogP contribution in [0.1, 0.15) is 24.6 Å². The number of benzene rings is 1. The van der Waals surface area contributed by atoms with Crippen molar-refractivity contribution in [1.82, 2.24) is 19.5 Å². The van der Waals surface area contributed by atoms with E-state index < -0.39 is 0 Å². The first-order valence-electron chi connectivity index (χ1n) is 9.07. The van der Waals surface area contributed by atoms with Gasteiger partial charge in [0.05, 0.1) is 27.7 Å². The second kappa shape index (κ2) is 7.89. The van der Waals surface area contributed by atoms with Crippen LogP contribution in [0.3, 0.4) is 0 Å². The van der Waals surface area contributed by atoms with Gasteiger partial charge in [0.15, 0.2) is 28.5 Å². The molecule has 0 spiro atoms. The fourth-order valence-electron chi connectivity index (χ4n) is 3.40. The molecule has 0 saturated carbocycles. The van der Waals surface area contributed by atoms with Crippen LogP contribution >= 0.6 is 0 Å². The first-order valence-corrected chi connectivity index (χ1v) is 9.07. The summed E-state index contributed by atoms with van der Waals surface area (Å²) in [7, 11) is 4.78. The van der Waals surface area contributed by atoms with Gasteiger partial charge in [-0.15, -0.1) is 0 Å². The molecular weight excluding hydrogens is 362 g/mol. The van der Waals surface area contributed by atoms with Crippen LogP contribution in [-0.2, 0) is 11.3 Å². The molecule has 0 bridgehead atoms. The highest BCUT2D eigenvalue weighted by molar-refractivity contribution is 5.82. The summed E-state index contributed by atoms with van der Waals surface area (Å²) in [6.07, 6.45) is 5.29. The van der Waals surface area contributed by atoms with E-state index in [4.69, 9.17) is 18.9 Å². The lowest BCUT2D eigenvalue weighted by Crippen LogP contribution is -2.07. The highest BCUT2D eigenvalue weighted by Crippen LogP contribution is 2.38. The summed E-state index contributed by atoms with van der Waals surface area (Å²) in [6.45, 7) is 1.28. The average molecular weight is 385 g/mol. The van der Waals surface area contributed by atoms with E-state index in [1.54, 1.807) is 27.7 Å². The molecule has 1 unspecified atom stereocenters. The number of hydrogen-bond acceptors (Lipinski definition) is 8. The van der Waals surface area contributed by atoms with Crippen molar-refractivity contribution in [2.45, 2.75) is 25.6 Å². The molecule has 1 aliphatic rings. The average Bonchev–Trinajstić information content (AvgIpc) is 3.40. The Morgan fingerprint density at radius 1 is 1.11 bits per heavy atom. The van der Waals surface area contributed by atoms with Crippen molar-refractivity contribution in [2.75, 3.05) is 33.3 Å². The SMILES string of the molecule is COc1cc(CNc2ncnc3c2ncn3C2CCCO2)cc(OC)c1OC. The van der Waals surface area contributed by atoms with Crippen molar-refractivity contribution < 1.29 is 18.9 Å². The minimum absolute atomic E-state index is 0.0112. The number of imidazole rings is 1. The molecule has 0 amide bonds. The second-order valence-corrected chi connectivity index (χ2v) is 6.40. The minimum Gasteiger partial charge on any atom is -0.493 e. The van der Waals surface area contributed by atoms with Gasteiger partial charge >= 0.3 is 0 Å². The number of methoxy groups -OCH3 is 3. The zero-order valence-corrected chi connectivity index (χ0v) is 16.1. The smallest absolute Gasteiger partial charge is 0.203 e. The fourth-order valence-corrected chi connectivity index (χ4v) is 3.40. The topological polar surface area (TPSA) is 92.6 Å². The van der Waals surface area contributed by atoms with Gasteiger partial charge in [-0.25, -0.2) is 15.0 Å². The number of nitrogens with one attached hydrogen (secondary N) is 1. The fraction of sp³-hybridized carbons (Fsp3) is 0.421. The number of ether oxygens (including phenoxy) is 4. The zero-order valence-electron chi connectivity index (χ0n) is 16.1. The Morgan fingerprint density at radius 3 is 2.54 bits per heavy atom. The standard InChI is InChI=1S/C19H23N5O4/c1-25-13-7-12(8-14(26-2)17(13)27-3)9-20-18-16-19(22-10-21-18)24(11-23-16)15-5-4-6-28-15/h7-8,10-11,15H,4-6,9H2,1-3H3,(H,20,21,22). The van der Waals surface area contributed by atoms with E-state index in [2.05, 4.69) is 20.3 Å². The minimum atomic E-state index is -0.0112. The van der Waals surface area contributed by atoms with Gasteiger partial charge in [0.2, 0.25) is 5.75 Å². The molecule has 1 atom stereocenters. The molecule has 1 saturated heterocycles. The van der Waals surface area contributed by atoms with Gasteiger partial charge in [0, 0.05) is 13.2 Å². The summed E-state index contributed by atoms with van der Waals surface area (Å²) in [4.78, 5) is 13.2. The van der Waals surface area contributed by atoms with Crippen LogP contribution in [0.2, 0.25) is 0 Å². The quantitative estimate of drug-likeness (QED) is 0.664. The Balaban J connectivity index is 1.59. The largest absolute Gasteiger partial charge is 0.493 e. The molecule has 148 valence electrons. The van der Waals surface area contributed by atoms with E-state index in [-0.39, 0.29) is 6.23 Å². The summed E-state index contributed by atoms with van der Waals surface area (Å²) in [5.74, 6) is 2.44. The van der Waals surface area contributed by atoms with Crippen LogP contribution in [0.4, 0.5) is 5.82 Å². The molecule has 9 nitrogen and oxygen atoms in total. The van der Waals surface area contributed by atoms with Crippen molar-refractivity contribution in [1.29, 1.82) is 0 Å². The molecule has 9 heteroatoms. The molecule has 2 aromatic heterocycles. The molecule has 1 N–H and O–H groups in total. The molecule has 1 aromatic carbocycles. The lowest BCUT2D eigenvalue weighted by molar-refractivity contribution is 0.0593. The van der Waals surface area contributed by atoms with Crippen molar-refractivity contribution in [3.63, 3.8) is 0 Å². The third-order valence-corrected chi connectivity index (χ3v) is 4.76. The van der Waals surface area contributed by atoms with Crippen LogP contribution in [0.5, 0.6) is 17.2 Å². The van der Waals surface area contributed by atoms with Gasteiger partial charge in [0.25, 0.3) is 0 Å². The van der Waals surface area contributed by atoms with Gasteiger partial charge in [-0.2, -0.15) is 0 Å². The Morgan fingerprint density at radius 2 is 1.89 bits per heavy atom. The Hall–Kier alpha value is -3.07. The normalized spacial score (nSPS) is 16.3. The highest BCUT2D eigenvalue weighted by Gasteiger charge is 2.21. The first kappa shape index (κ1) is 18.3. The molecule has 3 heterocycles. The predicted molar refractivity (Wildman–Crippen MR) is 103 cm³/mol. The number of nitrogens with zero attached hydrogens (tertiary/aromatic N) is 4. The van der Waals surface area contributed by atoms with Crippen molar-refractivity contribution in [3.05, 3.63) is 30.4 Å². The summed E-state index contributed by atoms with van der Waals surface area (Å²) in [5.41, 5.74) is 2.43. The molecule has 4 rings (SSSR count). The van der Waals surface area contributed by atoms with Crippen molar-refractivity contribution >= 4 is 17.0 Å². The molecule has 1 fully saturated rings. The highest BCUT2D eigenvalue weighted by atomic mass is 16.5. The number of hydrogen-bond donors (Lipinski definition) is 1. The van der Waals surface area contributed by atoms with E-state index in [1.165, 1.54) is 6.33 Å². The predicted octanol–water partition coefficient (Wildman–Crippen LogP) is 2.77. The molecule has 0 radical (unpaired) electrons. The Kier molecular flexibility index (Phi) is 5.16. The summed E-state index contributed by atoms with van der Waals surface area (Å²) in [6, 6.07) is 3.80. The summed E-state index contributed by atoms with van der Waals surface area (Å²) >= 11 is 0. The molecule has 1 aliphatic heterocycles. The lowest BCUT2D eigenvalue weighted by Gasteiger charge is -2.15. The van der Waals surface area contributed by atoms with Crippen LogP contribution in [0.15, 0.2) is 24.8 Å². The zero-order chi connectivity index (χ0) is 19.5. The van der Waals surface area contributed by atoms with Crippen LogP contribution in [0, 0.1) is 0 Å². The van der Waals surface area contributed by atoms with E-state index in [1.807, 2.05) is 16.7 Å². The number of fused-ring (bicyclic) bond motifs is 1. The maximum absolute atomic E-state index is 5.75. The van der Waals surface area contributed by atoms with E-state index >= 15 is 0 Å². The molecule has 0 aliphatic carbocycles. The third kappa shape index (κ3) is 3.29. The molecule has 3 aromatic rings. The number of anilines is 1. The maximum atomic E-state index is 5.75. The summed E-state index contributed by atoms with van der Waals surface area (Å²) in [5, 5.41) is 3.33. The van der Waals surface area contributed by atoms with E-state index in [9.17, 15) is 0 Å². The maximum Gasteiger partial charge on any atom is 0.203 e. The van der Waals surface area contributed by atoms with E-state index in [0.29, 0.717) is 35.1 Å². The Labute approximate surface area is 162 Å². The van der Waals surface area contributed by atoms with Crippen LogP contribution < -0.4 is 19.5 Å². The third-order valence-electron chi connectivity index (χ3n) is 4.76. The van der Waals surface area contributed by atoms with Crippen LogP contribution in [0.25, 0.3) is 11.2 Å². The van der Waals surface area contributed by atoms with Gasteiger partial charge in [-0.3, -0.25) is 4.57 Å². The van der Waals surface area contributed by atoms with Gasteiger partial charge in [0.1, 0.15) is 12.6 Å². The van der Waals surface area contributed by atoms with Crippen LogP contribution in [-0.4, -0.2) is 47.5 Å². The molecule has 28 heavy (non-hydrogen) atoms. The van der Waals surface area contributed by atoms with Gasteiger partial charge < -0.3 is 24.3 Å². The van der Waals surface area contributed by atoms with E-state index in [0.717, 1.165) is 30.7 Å². The monoisotopic (exact) mass is 385 g/mol. The lowest BCUT2D eigenvalue weighted by atomic mass is 10.1. The number of rotatable bonds is 7. The summed E-state index contributed by atoms with van der Waals surface area (Å²) < 4.78 is 23.9. The van der Waals surface area contributed by atoms with Crippen molar-refractivity contribution in [3.8, 4) is 17.2 Å².